The van der Waals surface area contributed by atoms with Gasteiger partial charge in [0.05, 0.1) is 13.3 Å². The number of fused-ring (bicyclic) bond motifs is 1. The number of aromatic amines is 1. The average molecular weight is 362 g/mol. The van der Waals surface area contributed by atoms with Crippen LogP contribution >= 0.6 is 0 Å². The summed E-state index contributed by atoms with van der Waals surface area (Å²) in [6, 6.07) is 0.0157. The van der Waals surface area contributed by atoms with Crippen molar-refractivity contribution in [2.24, 2.45) is 11.7 Å². The molecule has 1 saturated heterocycles. The minimum absolute atomic E-state index is 0.0157. The van der Waals surface area contributed by atoms with Crippen molar-refractivity contribution in [3.8, 4) is 5.75 Å². The Bertz CT molecular complexity index is 977. The van der Waals surface area contributed by atoms with E-state index in [4.69, 9.17) is 10.5 Å². The smallest absolute Gasteiger partial charge is 0.333 e. The van der Waals surface area contributed by atoms with Gasteiger partial charge >= 0.3 is 5.69 Å². The summed E-state index contributed by atoms with van der Waals surface area (Å²) in [6.07, 6.45) is 3.77. The molecule has 2 fully saturated rings. The molecular weight excluding hydrogens is 339 g/mol. The molecule has 1 aliphatic carbocycles. The van der Waals surface area contributed by atoms with E-state index in [1.165, 1.54) is 7.11 Å². The summed E-state index contributed by atoms with van der Waals surface area (Å²) in [7, 11) is 1.44. The molecule has 1 aliphatic heterocycles. The molecule has 2 aromatic rings. The fourth-order valence-corrected chi connectivity index (χ4v) is 3.97. The number of hydrogen-bond acceptors (Lipinski definition) is 5. The number of methoxy groups -OCH3 is 1. The minimum Gasteiger partial charge on any atom is -0.492 e. The van der Waals surface area contributed by atoms with E-state index in [-0.39, 0.29) is 23.6 Å². The van der Waals surface area contributed by atoms with Gasteiger partial charge in [0, 0.05) is 24.7 Å². The van der Waals surface area contributed by atoms with Crippen LogP contribution in [-0.2, 0) is 0 Å². The van der Waals surface area contributed by atoms with Crippen molar-refractivity contribution in [3.63, 3.8) is 0 Å². The van der Waals surface area contributed by atoms with E-state index in [1.807, 2.05) is 11.8 Å². The second-order valence-corrected chi connectivity index (χ2v) is 7.38. The van der Waals surface area contributed by atoms with E-state index in [0.29, 0.717) is 29.9 Å². The zero-order chi connectivity index (χ0) is 18.6. The maximum atomic E-state index is 15.0. The lowest BCUT2D eigenvalue weighted by molar-refractivity contribution is 0.412. The van der Waals surface area contributed by atoms with Crippen LogP contribution in [-0.4, -0.2) is 35.6 Å². The molecule has 3 N–H and O–H groups in total. The Labute approximate surface area is 149 Å². The summed E-state index contributed by atoms with van der Waals surface area (Å²) in [5.74, 6) is 0.0487. The maximum Gasteiger partial charge on any atom is 0.333 e. The van der Waals surface area contributed by atoms with Gasteiger partial charge in [0.15, 0.2) is 11.6 Å². The van der Waals surface area contributed by atoms with Gasteiger partial charge < -0.3 is 15.4 Å². The molecule has 2 aliphatic rings. The molecular formula is C18H23FN4O3. The first kappa shape index (κ1) is 17.1. The van der Waals surface area contributed by atoms with Gasteiger partial charge in [-0.1, -0.05) is 0 Å². The van der Waals surface area contributed by atoms with E-state index in [2.05, 4.69) is 4.98 Å². The molecule has 8 heteroatoms. The Morgan fingerprint density at radius 2 is 2.08 bits per heavy atom. The monoisotopic (exact) mass is 362 g/mol. The summed E-state index contributed by atoms with van der Waals surface area (Å²) in [4.78, 5) is 28.9. The number of H-pyrrole nitrogens is 1. The molecule has 3 heterocycles. The average Bonchev–Trinajstić information content (AvgIpc) is 3.29. The highest BCUT2D eigenvalue weighted by atomic mass is 19.1. The first-order valence-corrected chi connectivity index (χ1v) is 8.98. The van der Waals surface area contributed by atoms with Crippen LogP contribution in [0.3, 0.4) is 0 Å². The fraction of sp³-hybridized carbons (Fsp3) is 0.556. The van der Waals surface area contributed by atoms with Gasteiger partial charge in [0.2, 0.25) is 0 Å². The Balaban J connectivity index is 1.97. The topological polar surface area (TPSA) is 92.8 Å². The lowest BCUT2D eigenvalue weighted by Gasteiger charge is -2.24. The minimum atomic E-state index is -0.659. The van der Waals surface area contributed by atoms with Crippen LogP contribution in [0.15, 0.2) is 15.8 Å². The quantitative estimate of drug-likeness (QED) is 0.852. The van der Waals surface area contributed by atoms with Gasteiger partial charge in [-0.25, -0.2) is 9.18 Å². The number of aromatic nitrogens is 2. The molecule has 0 spiro atoms. The van der Waals surface area contributed by atoms with Crippen molar-refractivity contribution >= 4 is 11.2 Å². The van der Waals surface area contributed by atoms with Crippen LogP contribution in [0.1, 0.15) is 37.7 Å². The predicted octanol–water partition coefficient (Wildman–Crippen LogP) is 1.19. The van der Waals surface area contributed by atoms with E-state index in [1.54, 1.807) is 0 Å². The molecule has 26 heavy (non-hydrogen) atoms. The number of halogens is 1. The van der Waals surface area contributed by atoms with E-state index in [9.17, 15) is 14.0 Å². The van der Waals surface area contributed by atoms with E-state index < -0.39 is 17.1 Å². The zero-order valence-electron chi connectivity index (χ0n) is 14.9. The standard InChI is InChI=1S/C18H23FN4O3/c1-9(20)11-5-6-22(7-11)14-12(19)8-23-15(16(14)26-2)13(10-3-4-10)17(24)21-18(23)25/h8-11H,3-7,20H2,1-2H3,(H,21,24,25)/t9-,11-/m1/s1. The van der Waals surface area contributed by atoms with Crippen LogP contribution in [0, 0.1) is 11.7 Å². The van der Waals surface area contributed by atoms with Crippen LogP contribution < -0.4 is 26.6 Å². The predicted molar refractivity (Wildman–Crippen MR) is 96.7 cm³/mol. The molecule has 4 rings (SSSR count). The van der Waals surface area contributed by atoms with E-state index >= 15 is 0 Å². The number of nitrogens with one attached hydrogen (secondary N) is 1. The number of nitrogens with zero attached hydrogens (tertiary/aromatic N) is 2. The van der Waals surface area contributed by atoms with Crippen LogP contribution in [0.5, 0.6) is 5.75 Å². The first-order chi connectivity index (χ1) is 12.4. The third kappa shape index (κ3) is 2.59. The lowest BCUT2D eigenvalue weighted by atomic mass is 10.0. The Morgan fingerprint density at radius 1 is 1.35 bits per heavy atom. The van der Waals surface area contributed by atoms with Crippen LogP contribution in [0.2, 0.25) is 0 Å². The molecule has 1 saturated carbocycles. The van der Waals surface area contributed by atoms with Gasteiger partial charge in [0.1, 0.15) is 11.2 Å². The van der Waals surface area contributed by atoms with E-state index in [0.717, 1.165) is 29.9 Å². The van der Waals surface area contributed by atoms with Crippen molar-refractivity contribution in [3.05, 3.63) is 38.4 Å². The zero-order valence-corrected chi connectivity index (χ0v) is 14.9. The lowest BCUT2D eigenvalue weighted by Crippen LogP contribution is -2.32. The normalized spacial score (nSPS) is 21.4. The molecule has 0 bridgehead atoms. The Morgan fingerprint density at radius 3 is 2.65 bits per heavy atom. The Kier molecular flexibility index (Phi) is 4.02. The highest BCUT2D eigenvalue weighted by molar-refractivity contribution is 5.78. The van der Waals surface area contributed by atoms with Gasteiger partial charge in [-0.2, -0.15) is 0 Å². The second-order valence-electron chi connectivity index (χ2n) is 7.38. The molecule has 2 aromatic heterocycles. The number of nitrogens with two attached hydrogens (primary N) is 1. The van der Waals surface area contributed by atoms with Gasteiger partial charge in [-0.3, -0.25) is 14.2 Å². The first-order valence-electron chi connectivity index (χ1n) is 8.98. The second kappa shape index (κ2) is 6.12. The molecule has 140 valence electrons. The number of pyridine rings is 1. The fourth-order valence-electron chi connectivity index (χ4n) is 3.97. The third-order valence-corrected chi connectivity index (χ3v) is 5.55. The van der Waals surface area contributed by atoms with Crippen molar-refractivity contribution in [1.82, 2.24) is 9.38 Å². The van der Waals surface area contributed by atoms with Gasteiger partial charge in [-0.05, 0) is 38.0 Å². The van der Waals surface area contributed by atoms with Crippen molar-refractivity contribution in [2.75, 3.05) is 25.1 Å². The van der Waals surface area contributed by atoms with Crippen molar-refractivity contribution < 1.29 is 9.13 Å². The number of hydrogen-bond donors (Lipinski definition) is 2. The summed E-state index contributed by atoms with van der Waals surface area (Å²) < 4.78 is 21.7. The maximum absolute atomic E-state index is 15.0. The third-order valence-electron chi connectivity index (χ3n) is 5.55. The molecule has 0 amide bonds. The highest BCUT2D eigenvalue weighted by Gasteiger charge is 2.34. The summed E-state index contributed by atoms with van der Waals surface area (Å²) in [5, 5.41) is 0. The summed E-state index contributed by atoms with van der Waals surface area (Å²) in [5.41, 5.74) is 6.13. The number of ether oxygens (including phenoxy) is 1. The molecule has 2 atom stereocenters. The van der Waals surface area contributed by atoms with Crippen molar-refractivity contribution in [1.29, 1.82) is 0 Å². The number of anilines is 1. The van der Waals surface area contributed by atoms with Crippen LogP contribution in [0.25, 0.3) is 5.52 Å². The molecule has 0 unspecified atom stereocenters. The van der Waals surface area contributed by atoms with Gasteiger partial charge in [0.25, 0.3) is 5.56 Å². The molecule has 0 radical (unpaired) electrons. The molecule has 7 nitrogen and oxygen atoms in total. The Hall–Kier alpha value is -2.35. The summed E-state index contributed by atoms with van der Waals surface area (Å²) in [6.45, 7) is 3.22. The largest absolute Gasteiger partial charge is 0.492 e. The van der Waals surface area contributed by atoms with Gasteiger partial charge in [-0.15, -0.1) is 0 Å². The van der Waals surface area contributed by atoms with Crippen molar-refractivity contribution in [2.45, 2.75) is 38.1 Å². The number of rotatable bonds is 4. The highest BCUT2D eigenvalue weighted by Crippen LogP contribution is 2.45. The van der Waals surface area contributed by atoms with Crippen LogP contribution in [0.4, 0.5) is 10.1 Å². The molecule has 0 aromatic carbocycles. The SMILES string of the molecule is COc1c(N2CC[C@@H]([C@@H](C)N)C2)c(F)cn2c(=O)[nH]c(=O)c(C3CC3)c12. The summed E-state index contributed by atoms with van der Waals surface area (Å²) >= 11 is 0.